The molecule has 114 valence electrons. The number of alkyl halides is 1. The van der Waals surface area contributed by atoms with Crippen LogP contribution in [0.15, 0.2) is 17.1 Å². The maximum absolute atomic E-state index is 14.4. The van der Waals surface area contributed by atoms with Gasteiger partial charge in [0.05, 0.1) is 6.61 Å². The van der Waals surface area contributed by atoms with Gasteiger partial charge in [-0.1, -0.05) is 0 Å². The van der Waals surface area contributed by atoms with Crippen LogP contribution < -0.4 is 11.4 Å². The lowest BCUT2D eigenvalue weighted by atomic mass is 10.0. The van der Waals surface area contributed by atoms with Crippen LogP contribution in [-0.2, 0) is 18.6 Å². The largest absolute Gasteiger partial charge is 0.504 e. The first-order chi connectivity index (χ1) is 9.93. The molecule has 1 aromatic heterocycles. The van der Waals surface area contributed by atoms with Gasteiger partial charge in [0.25, 0.3) is 0 Å². The highest BCUT2D eigenvalue weighted by Gasteiger charge is 2.64. The first-order valence-corrected chi connectivity index (χ1v) is 7.87. The molecule has 1 aromatic rings. The van der Waals surface area contributed by atoms with Gasteiger partial charge in [-0.2, -0.15) is 4.98 Å². The van der Waals surface area contributed by atoms with Gasteiger partial charge in [-0.3, -0.25) is 4.57 Å². The van der Waals surface area contributed by atoms with Crippen LogP contribution >= 0.6 is 8.03 Å². The first-order valence-electron chi connectivity index (χ1n) is 6.25. The van der Waals surface area contributed by atoms with E-state index in [9.17, 15) is 13.8 Å². The molecule has 0 radical (unpaired) electrons. The highest BCUT2D eigenvalue weighted by Crippen LogP contribution is 2.47. The molecule has 1 unspecified atom stereocenters. The molecule has 8 nitrogen and oxygen atoms in total. The van der Waals surface area contributed by atoms with E-state index >= 15 is 0 Å². The van der Waals surface area contributed by atoms with E-state index in [1.165, 1.54) is 18.9 Å². The van der Waals surface area contributed by atoms with Gasteiger partial charge in [-0.25, -0.2) is 9.18 Å². The normalized spacial score (nSPS) is 35.1. The Balaban J connectivity index is 1.87. The summed E-state index contributed by atoms with van der Waals surface area (Å²) in [6, 6.07) is 1.41. The summed E-state index contributed by atoms with van der Waals surface area (Å²) in [5, 5.41) is 0. The zero-order chi connectivity index (χ0) is 15.2. The molecule has 10 heteroatoms. The number of hydrogen-bond acceptors (Lipinski definition) is 7. The molecule has 3 rings (SSSR count). The fraction of sp³-hybridized carbons (Fsp3) is 0.636. The van der Waals surface area contributed by atoms with E-state index in [0.717, 1.165) is 4.57 Å². The van der Waals surface area contributed by atoms with Crippen molar-refractivity contribution in [1.82, 2.24) is 9.55 Å². The fourth-order valence-corrected chi connectivity index (χ4v) is 2.92. The number of nitrogens with zero attached hydrogens (tertiary/aromatic N) is 2. The lowest BCUT2D eigenvalue weighted by molar-refractivity contribution is -0.183. The summed E-state index contributed by atoms with van der Waals surface area (Å²) in [4.78, 5) is 15.4. The number of hydrogen-bond donors (Lipinski definition) is 1. The van der Waals surface area contributed by atoms with Gasteiger partial charge in [0, 0.05) is 6.20 Å². The van der Waals surface area contributed by atoms with Crippen LogP contribution in [0.3, 0.4) is 0 Å². The van der Waals surface area contributed by atoms with Crippen LogP contribution in [0.25, 0.3) is 0 Å². The summed E-state index contributed by atoms with van der Waals surface area (Å²) < 4.78 is 42.6. The maximum Gasteiger partial charge on any atom is 0.504 e. The zero-order valence-corrected chi connectivity index (χ0v) is 12.0. The molecule has 0 spiro atoms. The lowest BCUT2D eigenvalue weighted by Crippen LogP contribution is -2.43. The van der Waals surface area contributed by atoms with Gasteiger partial charge in [0.15, 0.2) is 24.7 Å². The number of rotatable bonds is 4. The molecule has 2 aliphatic rings. The molecule has 2 aliphatic heterocycles. The van der Waals surface area contributed by atoms with Gasteiger partial charge in [0.2, 0.25) is 0 Å². The second kappa shape index (κ2) is 5.10. The molecule has 0 aromatic carbocycles. The predicted octanol–water partition coefficient (Wildman–Crippen LogP) is 0.219. The zero-order valence-electron chi connectivity index (χ0n) is 11.1. The van der Waals surface area contributed by atoms with Crippen LogP contribution in [0.1, 0.15) is 6.23 Å². The standard InChI is InChI=1S/C11H13FN3O5P/c1-21(17)19-5-11-4-18-7(8(11)12)9(20-11)15-3-2-6(13)14-10(15)16/h2-3,7-9H,4-5H2,1H3,(H-,13,14,16)/p+1/t7-,8+,9-,11-/m1/s1. The SMILES string of the molecule is C[P+](=O)OC[C@@]12CO[C@@H]([C@H](n3ccc(N)nc3=O)O1)[C@@H]2F. The molecule has 0 saturated carbocycles. The first kappa shape index (κ1) is 14.5. The molecule has 2 N–H and O–H groups in total. The third kappa shape index (κ3) is 2.36. The summed E-state index contributed by atoms with van der Waals surface area (Å²) in [6.07, 6.45) is -2.00. The minimum Gasteiger partial charge on any atom is -0.383 e. The van der Waals surface area contributed by atoms with Crippen LogP contribution in [0, 0.1) is 0 Å². The number of anilines is 1. The Labute approximate surface area is 119 Å². The molecular formula is C11H14FN3O5P+. The molecular weight excluding hydrogens is 304 g/mol. The number of ether oxygens (including phenoxy) is 2. The summed E-state index contributed by atoms with van der Waals surface area (Å²) in [5.74, 6) is 0.0677. The van der Waals surface area contributed by atoms with Crippen molar-refractivity contribution in [3.8, 4) is 0 Å². The summed E-state index contributed by atoms with van der Waals surface area (Å²) >= 11 is 0. The number of aromatic nitrogens is 2. The van der Waals surface area contributed by atoms with Crippen molar-refractivity contribution < 1.29 is 23.0 Å². The van der Waals surface area contributed by atoms with Crippen molar-refractivity contribution >= 4 is 13.8 Å². The van der Waals surface area contributed by atoms with Gasteiger partial charge in [-0.05, 0) is 10.6 Å². The highest BCUT2D eigenvalue weighted by molar-refractivity contribution is 7.38. The Morgan fingerprint density at radius 2 is 2.48 bits per heavy atom. The van der Waals surface area contributed by atoms with Crippen molar-refractivity contribution in [2.75, 3.05) is 25.6 Å². The average molecular weight is 318 g/mol. The van der Waals surface area contributed by atoms with E-state index < -0.39 is 37.8 Å². The fourth-order valence-electron chi connectivity index (χ4n) is 2.52. The van der Waals surface area contributed by atoms with Gasteiger partial charge >= 0.3 is 13.7 Å². The number of fused-ring (bicyclic) bond motifs is 2. The minimum atomic E-state index is -1.88. The second-order valence-corrected chi connectivity index (χ2v) is 6.14. The molecule has 0 amide bonds. The number of halogens is 1. The lowest BCUT2D eigenvalue weighted by Gasteiger charge is -2.29. The Hall–Kier alpha value is -1.41. The second-order valence-electron chi connectivity index (χ2n) is 5.01. The summed E-state index contributed by atoms with van der Waals surface area (Å²) in [6.45, 7) is 1.15. The Morgan fingerprint density at radius 3 is 3.14 bits per heavy atom. The van der Waals surface area contributed by atoms with Crippen molar-refractivity contribution in [3.63, 3.8) is 0 Å². The Bertz CT molecular complexity index is 641. The van der Waals surface area contributed by atoms with Crippen molar-refractivity contribution in [2.24, 2.45) is 0 Å². The molecule has 2 bridgehead atoms. The highest BCUT2D eigenvalue weighted by atomic mass is 31.1. The topological polar surface area (TPSA) is 106 Å². The summed E-state index contributed by atoms with van der Waals surface area (Å²) in [5.41, 5.74) is 3.41. The Kier molecular flexibility index (Phi) is 3.53. The van der Waals surface area contributed by atoms with E-state index in [2.05, 4.69) is 4.98 Å². The van der Waals surface area contributed by atoms with Crippen molar-refractivity contribution in [3.05, 3.63) is 22.7 Å². The summed E-state index contributed by atoms with van der Waals surface area (Å²) in [7, 11) is -1.88. The van der Waals surface area contributed by atoms with E-state index in [1.54, 1.807) is 0 Å². The van der Waals surface area contributed by atoms with E-state index in [1.807, 2.05) is 0 Å². The van der Waals surface area contributed by atoms with E-state index in [0.29, 0.717) is 0 Å². The average Bonchev–Trinajstić information content (AvgIpc) is 2.87. The van der Waals surface area contributed by atoms with Crippen LogP contribution in [0.2, 0.25) is 0 Å². The van der Waals surface area contributed by atoms with Gasteiger partial charge in [0.1, 0.15) is 18.5 Å². The minimum absolute atomic E-state index is 0.0182. The number of nitrogens with two attached hydrogens (primary N) is 1. The molecule has 2 fully saturated rings. The molecule has 2 saturated heterocycles. The Morgan fingerprint density at radius 1 is 1.71 bits per heavy atom. The molecule has 5 atom stereocenters. The predicted molar refractivity (Wildman–Crippen MR) is 69.9 cm³/mol. The smallest absolute Gasteiger partial charge is 0.383 e. The van der Waals surface area contributed by atoms with Crippen LogP contribution in [-0.4, -0.2) is 47.3 Å². The van der Waals surface area contributed by atoms with Crippen molar-refractivity contribution in [2.45, 2.75) is 24.1 Å². The van der Waals surface area contributed by atoms with Gasteiger partial charge in [-0.15, -0.1) is 4.52 Å². The van der Waals surface area contributed by atoms with Crippen LogP contribution in [0.5, 0.6) is 0 Å². The molecule has 21 heavy (non-hydrogen) atoms. The monoisotopic (exact) mass is 318 g/mol. The van der Waals surface area contributed by atoms with Crippen molar-refractivity contribution in [1.29, 1.82) is 0 Å². The van der Waals surface area contributed by atoms with E-state index in [-0.39, 0.29) is 19.0 Å². The third-order valence-electron chi connectivity index (χ3n) is 3.56. The molecule has 3 heterocycles. The quantitative estimate of drug-likeness (QED) is 0.791. The van der Waals surface area contributed by atoms with Crippen LogP contribution in [0.4, 0.5) is 10.2 Å². The molecule has 0 aliphatic carbocycles. The van der Waals surface area contributed by atoms with Gasteiger partial charge < -0.3 is 15.2 Å². The maximum atomic E-state index is 14.4. The third-order valence-corrected chi connectivity index (χ3v) is 4.06. The van der Waals surface area contributed by atoms with E-state index in [4.69, 9.17) is 19.7 Å². The number of nitrogen functional groups attached to an aromatic ring is 1.